The summed E-state index contributed by atoms with van der Waals surface area (Å²) in [7, 11) is 0. The van der Waals surface area contributed by atoms with Gasteiger partial charge in [0.25, 0.3) is 0 Å². The molecule has 2 aliphatic rings. The van der Waals surface area contributed by atoms with Crippen LogP contribution in [0.25, 0.3) is 0 Å². The average Bonchev–Trinajstić information content (AvgIpc) is 3.23. The van der Waals surface area contributed by atoms with Gasteiger partial charge in [-0.25, -0.2) is 4.79 Å². The van der Waals surface area contributed by atoms with E-state index < -0.39 is 5.97 Å². The van der Waals surface area contributed by atoms with Gasteiger partial charge in [-0.15, -0.1) is 0 Å². The van der Waals surface area contributed by atoms with E-state index in [2.05, 4.69) is 20.4 Å². The number of carboxylic acid groups (broad SMARTS) is 1. The van der Waals surface area contributed by atoms with E-state index in [-0.39, 0.29) is 11.0 Å². The molecule has 0 spiro atoms. The highest BCUT2D eigenvalue weighted by molar-refractivity contribution is 5.84. The summed E-state index contributed by atoms with van der Waals surface area (Å²) in [5.41, 5.74) is 0.249. The maximum Gasteiger partial charge on any atom is 0.330 e. The quantitative estimate of drug-likeness (QED) is 0.513. The number of hydrogen-bond donors (Lipinski definition) is 1. The van der Waals surface area contributed by atoms with Crippen LogP contribution in [-0.2, 0) is 23.7 Å². The minimum Gasteiger partial charge on any atom is -0.478 e. The molecule has 0 amide bonds. The Balaban J connectivity index is 0.000000315. The van der Waals surface area contributed by atoms with E-state index in [1.807, 2.05) is 0 Å². The van der Waals surface area contributed by atoms with E-state index in [1.54, 1.807) is 0 Å². The van der Waals surface area contributed by atoms with E-state index in [9.17, 15) is 4.79 Å². The third-order valence-electron chi connectivity index (χ3n) is 2.76. The topological polar surface area (TPSA) is 80.8 Å². The molecule has 2 fully saturated rings. The second kappa shape index (κ2) is 8.48. The molecule has 122 valence electrons. The van der Waals surface area contributed by atoms with Crippen molar-refractivity contribution in [3.63, 3.8) is 0 Å². The Morgan fingerprint density at radius 3 is 1.76 bits per heavy atom. The van der Waals surface area contributed by atoms with Gasteiger partial charge in [0.05, 0.1) is 39.6 Å². The molecule has 2 atom stereocenters. The Bertz CT molecular complexity index is 312. The Labute approximate surface area is 126 Å². The smallest absolute Gasteiger partial charge is 0.330 e. The lowest BCUT2D eigenvalue weighted by atomic mass is 9.96. The van der Waals surface area contributed by atoms with E-state index in [1.165, 1.54) is 6.92 Å². The van der Waals surface area contributed by atoms with Crippen LogP contribution in [0.5, 0.6) is 0 Å². The van der Waals surface area contributed by atoms with Crippen molar-refractivity contribution >= 4 is 5.97 Å². The number of carboxylic acids is 1. The third-order valence-corrected chi connectivity index (χ3v) is 2.76. The largest absolute Gasteiger partial charge is 0.478 e. The van der Waals surface area contributed by atoms with Crippen LogP contribution in [0.2, 0.25) is 0 Å². The first kappa shape index (κ1) is 18.1. The fourth-order valence-electron chi connectivity index (χ4n) is 1.30. The first-order valence-corrected chi connectivity index (χ1v) is 7.07. The lowest BCUT2D eigenvalue weighted by Gasteiger charge is -2.23. The molecule has 2 rings (SSSR count). The highest BCUT2D eigenvalue weighted by Crippen LogP contribution is 2.19. The van der Waals surface area contributed by atoms with Gasteiger partial charge in [0.15, 0.2) is 0 Å². The van der Waals surface area contributed by atoms with Gasteiger partial charge < -0.3 is 24.1 Å². The van der Waals surface area contributed by atoms with Crippen LogP contribution in [0.3, 0.4) is 0 Å². The number of rotatable bonds is 9. The monoisotopic (exact) mass is 302 g/mol. The first-order chi connectivity index (χ1) is 9.80. The number of ether oxygens (including phenoxy) is 4. The number of hydrogen-bond acceptors (Lipinski definition) is 5. The van der Waals surface area contributed by atoms with Crippen LogP contribution in [0.15, 0.2) is 12.2 Å². The van der Waals surface area contributed by atoms with Gasteiger partial charge in [-0.3, -0.25) is 0 Å². The summed E-state index contributed by atoms with van der Waals surface area (Å²) in [5.74, 6) is -0.935. The van der Waals surface area contributed by atoms with Crippen LogP contribution in [0.4, 0.5) is 0 Å². The molecule has 0 aromatic rings. The molecule has 0 aromatic carbocycles. The molecule has 2 unspecified atom stereocenters. The van der Waals surface area contributed by atoms with Crippen LogP contribution >= 0.6 is 0 Å². The number of aliphatic carboxylic acids is 1. The standard InChI is InChI=1S/C11H20O4.C4H6O2/c1-11(2,7-12-3-9-5-14-9)8-13-4-10-6-15-10;1-3(2)4(5)6/h9-10H,3-8H2,1-2H3;1H2,2H3,(H,5,6). The number of epoxide rings is 2. The Hall–Kier alpha value is -0.950. The summed E-state index contributed by atoms with van der Waals surface area (Å²) in [6.07, 6.45) is 0.697. The zero-order valence-corrected chi connectivity index (χ0v) is 13.1. The molecule has 21 heavy (non-hydrogen) atoms. The predicted octanol–water partition coefficient (Wildman–Crippen LogP) is 1.49. The summed E-state index contributed by atoms with van der Waals surface area (Å²) in [6.45, 7) is 13.5. The molecule has 6 nitrogen and oxygen atoms in total. The molecule has 2 saturated heterocycles. The SMILES string of the molecule is C=C(C)C(=O)O.CC(C)(COCC1CO1)COCC1CO1. The maximum absolute atomic E-state index is 9.60. The van der Waals surface area contributed by atoms with Crippen LogP contribution in [-0.4, -0.2) is 62.9 Å². The average molecular weight is 302 g/mol. The second-order valence-electron chi connectivity index (χ2n) is 6.19. The summed E-state index contributed by atoms with van der Waals surface area (Å²) < 4.78 is 21.3. The van der Waals surface area contributed by atoms with E-state index in [0.717, 1.165) is 39.6 Å². The zero-order chi connectivity index (χ0) is 15.9. The fraction of sp³-hybridized carbons (Fsp3) is 0.800. The van der Waals surface area contributed by atoms with Crippen molar-refractivity contribution in [3.05, 3.63) is 12.2 Å². The van der Waals surface area contributed by atoms with Gasteiger partial charge >= 0.3 is 5.97 Å². The molecule has 0 aliphatic carbocycles. The van der Waals surface area contributed by atoms with Crippen molar-refractivity contribution < 1.29 is 28.8 Å². The van der Waals surface area contributed by atoms with Gasteiger partial charge in [-0.05, 0) is 6.92 Å². The van der Waals surface area contributed by atoms with Gasteiger partial charge in [-0.1, -0.05) is 20.4 Å². The Morgan fingerprint density at radius 1 is 1.19 bits per heavy atom. The molecule has 6 heteroatoms. The van der Waals surface area contributed by atoms with Gasteiger partial charge in [0.2, 0.25) is 0 Å². The Kier molecular flexibility index (Phi) is 7.31. The van der Waals surface area contributed by atoms with Crippen LogP contribution < -0.4 is 0 Å². The summed E-state index contributed by atoms with van der Waals surface area (Å²) >= 11 is 0. The lowest BCUT2D eigenvalue weighted by Crippen LogP contribution is -2.27. The molecular formula is C15H26O6. The second-order valence-corrected chi connectivity index (χ2v) is 6.19. The maximum atomic E-state index is 9.60. The molecule has 0 bridgehead atoms. The Morgan fingerprint density at radius 2 is 1.52 bits per heavy atom. The van der Waals surface area contributed by atoms with Gasteiger partial charge in [0, 0.05) is 11.0 Å². The minimum atomic E-state index is -0.935. The van der Waals surface area contributed by atoms with Gasteiger partial charge in [-0.2, -0.15) is 0 Å². The molecule has 0 radical (unpaired) electrons. The minimum absolute atomic E-state index is 0.0732. The van der Waals surface area contributed by atoms with Crippen LogP contribution in [0, 0.1) is 5.41 Å². The zero-order valence-electron chi connectivity index (χ0n) is 13.1. The molecular weight excluding hydrogens is 276 g/mol. The fourth-order valence-corrected chi connectivity index (χ4v) is 1.30. The van der Waals surface area contributed by atoms with Gasteiger partial charge in [0.1, 0.15) is 12.2 Å². The molecule has 1 N–H and O–H groups in total. The van der Waals surface area contributed by atoms with Crippen LogP contribution in [0.1, 0.15) is 20.8 Å². The predicted molar refractivity (Wildman–Crippen MR) is 77.3 cm³/mol. The van der Waals surface area contributed by atoms with Crippen molar-refractivity contribution in [1.82, 2.24) is 0 Å². The molecule has 0 aromatic heterocycles. The van der Waals surface area contributed by atoms with E-state index >= 15 is 0 Å². The lowest BCUT2D eigenvalue weighted by molar-refractivity contribution is -0.132. The molecule has 2 aliphatic heterocycles. The van der Waals surface area contributed by atoms with Crippen molar-refractivity contribution in [2.45, 2.75) is 33.0 Å². The first-order valence-electron chi connectivity index (χ1n) is 7.07. The van der Waals surface area contributed by atoms with Crippen molar-refractivity contribution in [3.8, 4) is 0 Å². The van der Waals surface area contributed by atoms with Crippen molar-refractivity contribution in [2.24, 2.45) is 5.41 Å². The normalized spacial score (nSPS) is 23.0. The van der Waals surface area contributed by atoms with E-state index in [0.29, 0.717) is 12.2 Å². The number of carbonyl (C=O) groups is 1. The van der Waals surface area contributed by atoms with Crippen molar-refractivity contribution in [1.29, 1.82) is 0 Å². The van der Waals surface area contributed by atoms with Crippen molar-refractivity contribution in [2.75, 3.05) is 39.6 Å². The highest BCUT2D eigenvalue weighted by Gasteiger charge is 2.27. The van der Waals surface area contributed by atoms with E-state index in [4.69, 9.17) is 24.1 Å². The third kappa shape index (κ3) is 10.4. The molecule has 0 saturated carbocycles. The summed E-state index contributed by atoms with van der Waals surface area (Å²) in [6, 6.07) is 0. The molecule has 2 heterocycles. The highest BCUT2D eigenvalue weighted by atomic mass is 16.6. The summed E-state index contributed by atoms with van der Waals surface area (Å²) in [5, 5.41) is 7.89. The summed E-state index contributed by atoms with van der Waals surface area (Å²) in [4.78, 5) is 9.60.